The highest BCUT2D eigenvalue weighted by Crippen LogP contribution is 2.47. The molecule has 12 heteroatoms. The average Bonchev–Trinajstić information content (AvgIpc) is 3.42. The molecule has 1 heterocycles. The van der Waals surface area contributed by atoms with Crippen molar-refractivity contribution in [1.29, 1.82) is 0 Å². The molecule has 1 N–H and O–H groups in total. The van der Waals surface area contributed by atoms with E-state index in [1.807, 2.05) is 0 Å². The Kier molecular flexibility index (Phi) is 5.82. The van der Waals surface area contributed by atoms with E-state index in [2.05, 4.69) is 26.3 Å². The van der Waals surface area contributed by atoms with Gasteiger partial charge in [0.1, 0.15) is 11.4 Å². The molecule has 1 amide bonds. The third kappa shape index (κ3) is 4.69. The van der Waals surface area contributed by atoms with Gasteiger partial charge >= 0.3 is 6.18 Å². The summed E-state index contributed by atoms with van der Waals surface area (Å²) in [5, 5.41) is 17.2. The van der Waals surface area contributed by atoms with E-state index in [-0.39, 0.29) is 40.5 Å². The molecule has 1 aromatic heterocycles. The summed E-state index contributed by atoms with van der Waals surface area (Å²) in [6.45, 7) is -0.0870. The standard InChI is InChI=1S/C17H16BrF3N4O4/c1-29-10-4-5-11(12(8-10)25(27)28)22-13(26)6-7-24-15(9-2-3-9)14(18)16(23-24)17(19,20)21/h4-5,8-9H,2-3,6-7H2,1H3,(H,22,26). The number of nitrogens with zero attached hydrogens (tertiary/aromatic N) is 3. The molecule has 3 rings (SSSR count). The number of aromatic nitrogens is 2. The number of alkyl halides is 3. The average molecular weight is 477 g/mol. The van der Waals surface area contributed by atoms with Crippen LogP contribution in [0.15, 0.2) is 22.7 Å². The van der Waals surface area contributed by atoms with Gasteiger partial charge in [0, 0.05) is 12.3 Å². The van der Waals surface area contributed by atoms with Gasteiger partial charge in [-0.05, 0) is 40.9 Å². The van der Waals surface area contributed by atoms with Gasteiger partial charge in [-0.25, -0.2) is 0 Å². The van der Waals surface area contributed by atoms with Crippen molar-refractivity contribution < 1.29 is 27.6 Å². The first kappa shape index (κ1) is 21.1. The number of hydrogen-bond donors (Lipinski definition) is 1. The third-order valence-corrected chi connectivity index (χ3v) is 5.17. The molecule has 0 bridgehead atoms. The zero-order valence-electron chi connectivity index (χ0n) is 15.1. The molecule has 2 aromatic rings. The smallest absolute Gasteiger partial charge is 0.436 e. The molecule has 1 aliphatic rings. The fraction of sp³-hybridized carbons (Fsp3) is 0.412. The number of benzene rings is 1. The van der Waals surface area contributed by atoms with Crippen molar-refractivity contribution in [2.45, 2.75) is 37.9 Å². The van der Waals surface area contributed by atoms with Crippen LogP contribution in [0.4, 0.5) is 24.5 Å². The van der Waals surface area contributed by atoms with Crippen molar-refractivity contribution in [1.82, 2.24) is 9.78 Å². The molecular formula is C17H16BrF3N4O4. The molecule has 156 valence electrons. The molecule has 1 aromatic carbocycles. The number of amides is 1. The number of ether oxygens (including phenoxy) is 1. The number of carbonyl (C=O) groups excluding carboxylic acids is 1. The van der Waals surface area contributed by atoms with Gasteiger partial charge in [0.2, 0.25) is 5.91 Å². The minimum Gasteiger partial charge on any atom is -0.496 e. The molecule has 0 radical (unpaired) electrons. The SMILES string of the molecule is COc1ccc(NC(=O)CCn2nc(C(F)(F)F)c(Br)c2C2CC2)c([N+](=O)[O-])c1. The normalized spacial score (nSPS) is 14.0. The summed E-state index contributed by atoms with van der Waals surface area (Å²) >= 11 is 2.99. The van der Waals surface area contributed by atoms with Gasteiger partial charge in [0.25, 0.3) is 5.69 Å². The van der Waals surface area contributed by atoms with E-state index in [0.29, 0.717) is 5.69 Å². The van der Waals surface area contributed by atoms with Crippen LogP contribution in [0.25, 0.3) is 0 Å². The molecule has 0 aliphatic heterocycles. The number of nitrogens with one attached hydrogen (secondary N) is 1. The number of nitro benzene ring substituents is 1. The summed E-state index contributed by atoms with van der Waals surface area (Å²) in [7, 11) is 1.35. The monoisotopic (exact) mass is 476 g/mol. The van der Waals surface area contributed by atoms with Crippen LogP contribution < -0.4 is 10.1 Å². The van der Waals surface area contributed by atoms with Gasteiger partial charge in [0.15, 0.2) is 5.69 Å². The van der Waals surface area contributed by atoms with Gasteiger partial charge in [-0.2, -0.15) is 18.3 Å². The number of carbonyl (C=O) groups is 1. The van der Waals surface area contributed by atoms with E-state index in [1.165, 1.54) is 30.0 Å². The summed E-state index contributed by atoms with van der Waals surface area (Å²) in [5.74, 6) is -0.358. The number of hydrogen-bond acceptors (Lipinski definition) is 5. The van der Waals surface area contributed by atoms with Crippen LogP contribution in [0, 0.1) is 10.1 Å². The van der Waals surface area contributed by atoms with E-state index in [0.717, 1.165) is 12.8 Å². The second-order valence-electron chi connectivity index (χ2n) is 6.48. The van der Waals surface area contributed by atoms with Crippen molar-refractivity contribution in [3.8, 4) is 5.75 Å². The summed E-state index contributed by atoms with van der Waals surface area (Å²) in [4.78, 5) is 22.8. The predicted octanol–water partition coefficient (Wildman–Crippen LogP) is 4.49. The maximum Gasteiger partial charge on any atom is 0.436 e. The second-order valence-corrected chi connectivity index (χ2v) is 7.27. The predicted molar refractivity (Wildman–Crippen MR) is 99.8 cm³/mol. The highest BCUT2D eigenvalue weighted by atomic mass is 79.9. The number of rotatable bonds is 7. The molecule has 1 fully saturated rings. The van der Waals surface area contributed by atoms with Crippen LogP contribution in [0.3, 0.4) is 0 Å². The van der Waals surface area contributed by atoms with Crippen LogP contribution in [-0.4, -0.2) is 27.7 Å². The van der Waals surface area contributed by atoms with Crippen LogP contribution in [0.1, 0.15) is 36.6 Å². The lowest BCUT2D eigenvalue weighted by Gasteiger charge is -2.09. The quantitative estimate of drug-likeness (QED) is 0.468. The molecule has 1 aliphatic carbocycles. The fourth-order valence-corrected chi connectivity index (χ4v) is 3.70. The van der Waals surface area contributed by atoms with Crippen LogP contribution in [0.2, 0.25) is 0 Å². The first-order chi connectivity index (χ1) is 13.6. The summed E-state index contributed by atoms with van der Waals surface area (Å²) in [6, 6.07) is 3.95. The minimum atomic E-state index is -4.61. The summed E-state index contributed by atoms with van der Waals surface area (Å²) in [6.07, 6.45) is -3.30. The lowest BCUT2D eigenvalue weighted by Crippen LogP contribution is -2.17. The maximum absolute atomic E-state index is 13.1. The van der Waals surface area contributed by atoms with E-state index < -0.39 is 22.7 Å². The lowest BCUT2D eigenvalue weighted by atomic mass is 10.2. The zero-order valence-corrected chi connectivity index (χ0v) is 16.7. The van der Waals surface area contributed by atoms with Crippen molar-refractivity contribution in [3.63, 3.8) is 0 Å². The third-order valence-electron chi connectivity index (χ3n) is 4.39. The van der Waals surface area contributed by atoms with Crippen LogP contribution in [-0.2, 0) is 17.5 Å². The van der Waals surface area contributed by atoms with E-state index in [4.69, 9.17) is 4.74 Å². The van der Waals surface area contributed by atoms with Crippen molar-refractivity contribution >= 4 is 33.2 Å². The Morgan fingerprint density at radius 1 is 1.45 bits per heavy atom. The number of aryl methyl sites for hydroxylation is 1. The van der Waals surface area contributed by atoms with Gasteiger partial charge in [-0.3, -0.25) is 19.6 Å². The fourth-order valence-electron chi connectivity index (χ4n) is 2.87. The first-order valence-corrected chi connectivity index (χ1v) is 9.36. The van der Waals surface area contributed by atoms with Crippen LogP contribution >= 0.6 is 15.9 Å². The zero-order chi connectivity index (χ0) is 21.3. The van der Waals surface area contributed by atoms with E-state index >= 15 is 0 Å². The molecule has 1 saturated carbocycles. The Bertz CT molecular complexity index is 957. The minimum absolute atomic E-state index is 0.0270. The van der Waals surface area contributed by atoms with Crippen molar-refractivity contribution in [3.05, 3.63) is 44.2 Å². The summed E-state index contributed by atoms with van der Waals surface area (Å²) < 4.78 is 45.4. The molecule has 0 saturated heterocycles. The summed E-state index contributed by atoms with van der Waals surface area (Å²) in [5.41, 5.74) is -0.982. The van der Waals surface area contributed by atoms with Gasteiger partial charge in [-0.15, -0.1) is 0 Å². The molecule has 29 heavy (non-hydrogen) atoms. The number of anilines is 1. The van der Waals surface area contributed by atoms with Gasteiger partial charge in [0.05, 0.1) is 34.8 Å². The molecule has 0 unspecified atom stereocenters. The van der Waals surface area contributed by atoms with E-state index in [1.54, 1.807) is 0 Å². The van der Waals surface area contributed by atoms with Crippen molar-refractivity contribution in [2.24, 2.45) is 0 Å². The molecule has 8 nitrogen and oxygen atoms in total. The highest BCUT2D eigenvalue weighted by molar-refractivity contribution is 9.10. The number of methoxy groups -OCH3 is 1. The Balaban J connectivity index is 1.74. The number of nitro groups is 1. The van der Waals surface area contributed by atoms with Gasteiger partial charge < -0.3 is 10.1 Å². The molecular weight excluding hydrogens is 461 g/mol. The van der Waals surface area contributed by atoms with E-state index in [9.17, 15) is 28.1 Å². The highest BCUT2D eigenvalue weighted by Gasteiger charge is 2.41. The Hall–Kier alpha value is -2.63. The molecule has 0 spiro atoms. The topological polar surface area (TPSA) is 99.3 Å². The molecule has 0 atom stereocenters. The Morgan fingerprint density at radius 3 is 2.69 bits per heavy atom. The first-order valence-electron chi connectivity index (χ1n) is 8.57. The van der Waals surface area contributed by atoms with Crippen molar-refractivity contribution in [2.75, 3.05) is 12.4 Å². The largest absolute Gasteiger partial charge is 0.496 e. The van der Waals surface area contributed by atoms with Crippen LogP contribution in [0.5, 0.6) is 5.75 Å². The van der Waals surface area contributed by atoms with Gasteiger partial charge in [-0.1, -0.05) is 0 Å². The maximum atomic E-state index is 13.1. The Labute approximate surface area is 171 Å². The number of halogens is 4. The second kappa shape index (κ2) is 8.01. The Morgan fingerprint density at radius 2 is 2.14 bits per heavy atom. The lowest BCUT2D eigenvalue weighted by molar-refractivity contribution is -0.384.